The number of hydrogen-bond acceptors (Lipinski definition) is 2. The lowest BCUT2D eigenvalue weighted by Crippen LogP contribution is -2.17. The first kappa shape index (κ1) is 12.9. The lowest BCUT2D eigenvalue weighted by molar-refractivity contribution is -0.117. The zero-order valence-corrected chi connectivity index (χ0v) is 11.2. The SMILES string of the molecule is CN(C)Cc1[nH]c2ccc(Cl)cc2c1CC(N)=O. The van der Waals surface area contributed by atoms with E-state index in [0.717, 1.165) is 28.7 Å². The number of fused-ring (bicyclic) bond motifs is 1. The van der Waals surface area contributed by atoms with Crippen LogP contribution in [0.25, 0.3) is 10.9 Å². The van der Waals surface area contributed by atoms with Gasteiger partial charge in [-0.2, -0.15) is 0 Å². The number of amides is 1. The summed E-state index contributed by atoms with van der Waals surface area (Å²) < 4.78 is 0. The van der Waals surface area contributed by atoms with Crippen molar-refractivity contribution in [2.75, 3.05) is 14.1 Å². The van der Waals surface area contributed by atoms with E-state index >= 15 is 0 Å². The van der Waals surface area contributed by atoms with Crippen molar-refractivity contribution < 1.29 is 4.79 Å². The fourth-order valence-electron chi connectivity index (χ4n) is 2.10. The maximum Gasteiger partial charge on any atom is 0.221 e. The zero-order chi connectivity index (χ0) is 13.3. The summed E-state index contributed by atoms with van der Waals surface area (Å²) in [5.41, 5.74) is 8.24. The summed E-state index contributed by atoms with van der Waals surface area (Å²) in [6, 6.07) is 5.61. The molecule has 1 heterocycles. The lowest BCUT2D eigenvalue weighted by Gasteiger charge is -2.09. The Hall–Kier alpha value is -1.52. The minimum atomic E-state index is -0.337. The Morgan fingerprint density at radius 1 is 1.44 bits per heavy atom. The second-order valence-corrected chi connectivity index (χ2v) is 5.09. The van der Waals surface area contributed by atoms with Gasteiger partial charge in [0, 0.05) is 28.2 Å². The highest BCUT2D eigenvalue weighted by molar-refractivity contribution is 6.31. The molecule has 0 spiro atoms. The van der Waals surface area contributed by atoms with Crippen molar-refractivity contribution in [3.63, 3.8) is 0 Å². The number of aromatic amines is 1. The van der Waals surface area contributed by atoms with Gasteiger partial charge in [-0.25, -0.2) is 0 Å². The van der Waals surface area contributed by atoms with E-state index in [0.29, 0.717) is 5.02 Å². The Labute approximate surface area is 111 Å². The normalized spacial score (nSPS) is 11.3. The number of benzene rings is 1. The van der Waals surface area contributed by atoms with Crippen molar-refractivity contribution in [2.45, 2.75) is 13.0 Å². The van der Waals surface area contributed by atoms with Gasteiger partial charge in [-0.05, 0) is 37.9 Å². The number of hydrogen-bond donors (Lipinski definition) is 2. The van der Waals surface area contributed by atoms with E-state index in [9.17, 15) is 4.79 Å². The van der Waals surface area contributed by atoms with Gasteiger partial charge < -0.3 is 15.6 Å². The van der Waals surface area contributed by atoms with Crippen molar-refractivity contribution in [1.82, 2.24) is 9.88 Å². The third-order valence-corrected chi connectivity index (χ3v) is 3.02. The van der Waals surface area contributed by atoms with Gasteiger partial charge in [0.15, 0.2) is 0 Å². The number of nitrogens with one attached hydrogen (secondary N) is 1. The molecule has 0 saturated heterocycles. The van der Waals surface area contributed by atoms with Gasteiger partial charge in [0.1, 0.15) is 0 Å². The Bertz CT molecular complexity index is 589. The third kappa shape index (κ3) is 2.66. The van der Waals surface area contributed by atoms with Crippen molar-refractivity contribution in [3.05, 3.63) is 34.5 Å². The summed E-state index contributed by atoms with van der Waals surface area (Å²) in [7, 11) is 3.96. The van der Waals surface area contributed by atoms with Crippen LogP contribution in [0.15, 0.2) is 18.2 Å². The van der Waals surface area contributed by atoms with E-state index in [4.69, 9.17) is 17.3 Å². The second-order valence-electron chi connectivity index (χ2n) is 4.65. The molecule has 1 aromatic heterocycles. The summed E-state index contributed by atoms with van der Waals surface area (Å²) in [6.45, 7) is 0.731. The molecule has 2 rings (SSSR count). The predicted molar refractivity (Wildman–Crippen MR) is 73.6 cm³/mol. The average Bonchev–Trinajstić information content (AvgIpc) is 2.55. The third-order valence-electron chi connectivity index (χ3n) is 2.78. The minimum absolute atomic E-state index is 0.226. The molecule has 96 valence electrons. The molecule has 1 amide bonds. The summed E-state index contributed by atoms with van der Waals surface area (Å²) >= 11 is 6.00. The summed E-state index contributed by atoms with van der Waals surface area (Å²) in [6.07, 6.45) is 0.226. The molecular formula is C13H16ClN3O. The van der Waals surface area contributed by atoms with E-state index in [1.54, 1.807) is 0 Å². The largest absolute Gasteiger partial charge is 0.369 e. The number of nitrogens with zero attached hydrogens (tertiary/aromatic N) is 1. The van der Waals surface area contributed by atoms with E-state index < -0.39 is 0 Å². The molecule has 1 aromatic carbocycles. The highest BCUT2D eigenvalue weighted by atomic mass is 35.5. The van der Waals surface area contributed by atoms with Gasteiger partial charge in [-0.15, -0.1) is 0 Å². The van der Waals surface area contributed by atoms with Crippen LogP contribution in [-0.4, -0.2) is 29.9 Å². The van der Waals surface area contributed by atoms with E-state index in [1.807, 2.05) is 37.2 Å². The van der Waals surface area contributed by atoms with Gasteiger partial charge in [0.05, 0.1) is 6.42 Å². The van der Waals surface area contributed by atoms with Gasteiger partial charge in [0.2, 0.25) is 5.91 Å². The van der Waals surface area contributed by atoms with E-state index in [-0.39, 0.29) is 12.3 Å². The number of aromatic nitrogens is 1. The van der Waals surface area contributed by atoms with Crippen molar-refractivity contribution in [1.29, 1.82) is 0 Å². The molecule has 0 aliphatic carbocycles. The van der Waals surface area contributed by atoms with Crippen LogP contribution in [0.4, 0.5) is 0 Å². The molecule has 18 heavy (non-hydrogen) atoms. The highest BCUT2D eigenvalue weighted by Gasteiger charge is 2.14. The zero-order valence-electron chi connectivity index (χ0n) is 10.5. The highest BCUT2D eigenvalue weighted by Crippen LogP contribution is 2.26. The first-order valence-electron chi connectivity index (χ1n) is 5.69. The monoisotopic (exact) mass is 265 g/mol. The molecule has 0 aliphatic rings. The molecule has 0 aliphatic heterocycles. The van der Waals surface area contributed by atoms with Crippen LogP contribution in [0.2, 0.25) is 5.02 Å². The molecule has 0 fully saturated rings. The number of primary amides is 1. The Kier molecular flexibility index (Phi) is 3.59. The molecular weight excluding hydrogens is 250 g/mol. The van der Waals surface area contributed by atoms with Crippen LogP contribution in [0.3, 0.4) is 0 Å². The first-order valence-corrected chi connectivity index (χ1v) is 6.07. The smallest absolute Gasteiger partial charge is 0.221 e. The van der Waals surface area contributed by atoms with E-state index in [1.165, 1.54) is 0 Å². The fourth-order valence-corrected chi connectivity index (χ4v) is 2.28. The number of carbonyl (C=O) groups is 1. The molecule has 5 heteroatoms. The maximum atomic E-state index is 11.2. The number of nitrogens with two attached hydrogens (primary N) is 1. The number of halogens is 1. The van der Waals surface area contributed by atoms with Gasteiger partial charge in [0.25, 0.3) is 0 Å². The van der Waals surface area contributed by atoms with Crippen molar-refractivity contribution in [2.24, 2.45) is 5.73 Å². The maximum absolute atomic E-state index is 11.2. The van der Waals surface area contributed by atoms with Crippen LogP contribution >= 0.6 is 11.6 Å². The average molecular weight is 266 g/mol. The standard InChI is InChI=1S/C13H16ClN3O/c1-17(2)7-12-10(6-13(15)18)9-5-8(14)3-4-11(9)16-12/h3-5,16H,6-7H2,1-2H3,(H2,15,18). The van der Waals surface area contributed by atoms with Crippen LogP contribution in [0.5, 0.6) is 0 Å². The fraction of sp³-hybridized carbons (Fsp3) is 0.308. The molecule has 2 aromatic rings. The number of carbonyl (C=O) groups excluding carboxylic acids is 1. The Balaban J connectivity index is 2.57. The van der Waals surface area contributed by atoms with E-state index in [2.05, 4.69) is 4.98 Å². The summed E-state index contributed by atoms with van der Waals surface area (Å²) in [5.74, 6) is -0.337. The second kappa shape index (κ2) is 5.00. The lowest BCUT2D eigenvalue weighted by atomic mass is 10.1. The number of rotatable bonds is 4. The Morgan fingerprint density at radius 3 is 2.78 bits per heavy atom. The van der Waals surface area contributed by atoms with Crippen LogP contribution in [-0.2, 0) is 17.8 Å². The molecule has 0 radical (unpaired) electrons. The minimum Gasteiger partial charge on any atom is -0.369 e. The van der Waals surface area contributed by atoms with Gasteiger partial charge in [-0.3, -0.25) is 4.79 Å². The molecule has 3 N–H and O–H groups in total. The predicted octanol–water partition coefficient (Wildman–Crippen LogP) is 1.91. The Morgan fingerprint density at radius 2 is 2.17 bits per heavy atom. The molecule has 0 bridgehead atoms. The van der Waals surface area contributed by atoms with Crippen molar-refractivity contribution in [3.8, 4) is 0 Å². The van der Waals surface area contributed by atoms with Crippen LogP contribution in [0, 0.1) is 0 Å². The molecule has 0 saturated carbocycles. The molecule has 0 atom stereocenters. The molecule has 4 nitrogen and oxygen atoms in total. The summed E-state index contributed by atoms with van der Waals surface area (Å²) in [4.78, 5) is 16.6. The number of H-pyrrole nitrogens is 1. The van der Waals surface area contributed by atoms with Gasteiger partial charge in [-0.1, -0.05) is 11.6 Å². The summed E-state index contributed by atoms with van der Waals surface area (Å²) in [5, 5.41) is 1.63. The topological polar surface area (TPSA) is 62.1 Å². The van der Waals surface area contributed by atoms with Crippen LogP contribution in [0.1, 0.15) is 11.3 Å². The quantitative estimate of drug-likeness (QED) is 0.887. The molecule has 0 unspecified atom stereocenters. The van der Waals surface area contributed by atoms with Crippen LogP contribution < -0.4 is 5.73 Å². The van der Waals surface area contributed by atoms with Crippen molar-refractivity contribution >= 4 is 28.4 Å². The van der Waals surface area contributed by atoms with Gasteiger partial charge >= 0.3 is 0 Å². The first-order chi connectivity index (χ1) is 8.47.